The van der Waals surface area contributed by atoms with E-state index in [4.69, 9.17) is 11.6 Å². The Labute approximate surface area is 223 Å². The summed E-state index contributed by atoms with van der Waals surface area (Å²) in [5, 5.41) is 16.0. The fourth-order valence-corrected chi connectivity index (χ4v) is 6.65. The van der Waals surface area contributed by atoms with Crippen LogP contribution in [-0.4, -0.2) is 69.1 Å². The lowest BCUT2D eigenvalue weighted by Crippen LogP contribution is -2.58. The van der Waals surface area contributed by atoms with Gasteiger partial charge in [0.1, 0.15) is 17.1 Å². The summed E-state index contributed by atoms with van der Waals surface area (Å²) in [6.07, 6.45) is 2.67. The van der Waals surface area contributed by atoms with Gasteiger partial charge in [-0.2, -0.15) is 8.78 Å². The number of nitrogens with one attached hydrogen (secondary N) is 2. The number of halogens is 4. The second-order valence-corrected chi connectivity index (χ2v) is 11.5. The Morgan fingerprint density at radius 1 is 1.21 bits per heavy atom. The van der Waals surface area contributed by atoms with Gasteiger partial charge in [-0.15, -0.1) is 0 Å². The van der Waals surface area contributed by atoms with Crippen LogP contribution in [0.3, 0.4) is 0 Å². The van der Waals surface area contributed by atoms with Crippen molar-refractivity contribution in [2.24, 2.45) is 18.9 Å². The van der Waals surface area contributed by atoms with Crippen LogP contribution in [0.1, 0.15) is 54.2 Å². The molecule has 38 heavy (non-hydrogen) atoms. The van der Waals surface area contributed by atoms with Crippen LogP contribution in [0.25, 0.3) is 0 Å². The Hall–Kier alpha value is -2.63. The zero-order valence-electron chi connectivity index (χ0n) is 21.2. The van der Waals surface area contributed by atoms with Gasteiger partial charge in [0.15, 0.2) is 0 Å². The minimum Gasteiger partial charge on any atom is -0.383 e. The van der Waals surface area contributed by atoms with E-state index in [0.29, 0.717) is 42.9 Å². The number of imidazole rings is 1. The number of carbonyl (C=O) groups is 2. The molecule has 2 amide bonds. The largest absolute Gasteiger partial charge is 0.383 e. The van der Waals surface area contributed by atoms with E-state index >= 15 is 8.78 Å². The van der Waals surface area contributed by atoms with Gasteiger partial charge in [0.25, 0.3) is 11.8 Å². The van der Waals surface area contributed by atoms with Crippen molar-refractivity contribution in [3.63, 3.8) is 0 Å². The minimum absolute atomic E-state index is 0.120. The summed E-state index contributed by atoms with van der Waals surface area (Å²) in [4.78, 5) is 32.0. The number of likely N-dealkylation sites (tertiary alicyclic amines) is 1. The molecule has 2 unspecified atom stereocenters. The number of hydrogen-bond acceptors (Lipinski definition) is 5. The third-order valence-electron chi connectivity index (χ3n) is 8.38. The number of nitrogens with zero attached hydrogens (tertiary/aromatic N) is 3. The predicted molar refractivity (Wildman–Crippen MR) is 135 cm³/mol. The highest BCUT2D eigenvalue weighted by Gasteiger charge is 2.64. The van der Waals surface area contributed by atoms with Crippen molar-refractivity contribution in [2.75, 3.05) is 25.5 Å². The van der Waals surface area contributed by atoms with Gasteiger partial charge in [-0.05, 0) is 75.7 Å². The zero-order chi connectivity index (χ0) is 27.4. The van der Waals surface area contributed by atoms with Gasteiger partial charge < -0.3 is 25.2 Å². The average Bonchev–Trinajstić information content (AvgIpc) is 3.59. The first-order chi connectivity index (χ1) is 17.9. The first-order valence-electron chi connectivity index (χ1n) is 12.8. The Bertz CT molecular complexity index is 1240. The number of rotatable bonds is 6. The third kappa shape index (κ3) is 4.80. The molecule has 1 aromatic heterocycles. The molecule has 5 rings (SSSR count). The number of hydrogen-bond donors (Lipinski definition) is 3. The Kier molecular flexibility index (Phi) is 6.98. The highest BCUT2D eigenvalue weighted by Crippen LogP contribution is 2.57. The molecule has 3 aliphatic rings. The SMILES string of the molecule is CN1CC[C@@H](NC(=O)C(F)(F)C2(O)CC3CC(c4ncn(C)c4C(=O)Nc4ccc(F)c(Cl)c4)CC3C2)C1. The van der Waals surface area contributed by atoms with Gasteiger partial charge >= 0.3 is 5.92 Å². The molecule has 1 aromatic carbocycles. The average molecular weight is 554 g/mol. The Balaban J connectivity index is 1.26. The van der Waals surface area contributed by atoms with Crippen molar-refractivity contribution in [2.45, 2.75) is 55.6 Å². The van der Waals surface area contributed by atoms with Crippen molar-refractivity contribution < 1.29 is 27.9 Å². The van der Waals surface area contributed by atoms with Gasteiger partial charge in [0.05, 0.1) is 17.0 Å². The lowest BCUT2D eigenvalue weighted by atomic mass is 9.87. The summed E-state index contributed by atoms with van der Waals surface area (Å²) in [5.41, 5.74) is -1.22. The van der Waals surface area contributed by atoms with E-state index in [1.807, 2.05) is 11.9 Å². The third-order valence-corrected chi connectivity index (χ3v) is 8.67. The predicted octanol–water partition coefficient (Wildman–Crippen LogP) is 3.56. The number of aryl methyl sites for hydroxylation is 1. The molecule has 2 aromatic rings. The quantitative estimate of drug-likeness (QED) is 0.508. The van der Waals surface area contributed by atoms with Gasteiger partial charge in [-0.25, -0.2) is 9.37 Å². The Morgan fingerprint density at radius 2 is 1.89 bits per heavy atom. The second-order valence-electron chi connectivity index (χ2n) is 11.1. The summed E-state index contributed by atoms with van der Waals surface area (Å²) in [7, 11) is 3.54. The number of fused-ring (bicyclic) bond motifs is 1. The molecule has 206 valence electrons. The van der Waals surface area contributed by atoms with E-state index in [0.717, 1.165) is 12.6 Å². The van der Waals surface area contributed by atoms with Crippen LogP contribution in [0.4, 0.5) is 18.9 Å². The molecule has 2 heterocycles. The molecule has 2 saturated carbocycles. The molecular formula is C26H31ClF3N5O3. The molecule has 8 nitrogen and oxygen atoms in total. The highest BCUT2D eigenvalue weighted by atomic mass is 35.5. The number of anilines is 1. The van der Waals surface area contributed by atoms with Gasteiger partial charge in [0.2, 0.25) is 0 Å². The Morgan fingerprint density at radius 3 is 2.50 bits per heavy atom. The monoisotopic (exact) mass is 553 g/mol. The number of aromatic nitrogens is 2. The van der Waals surface area contributed by atoms with Crippen LogP contribution in [0, 0.1) is 17.7 Å². The molecule has 0 spiro atoms. The normalized spacial score (nSPS) is 29.4. The lowest BCUT2D eigenvalue weighted by Gasteiger charge is -2.33. The highest BCUT2D eigenvalue weighted by molar-refractivity contribution is 6.31. The molecule has 3 atom stereocenters. The fraction of sp³-hybridized carbons (Fsp3) is 0.577. The molecule has 3 fully saturated rings. The van der Waals surface area contributed by atoms with E-state index in [9.17, 15) is 19.1 Å². The van der Waals surface area contributed by atoms with Crippen LogP contribution >= 0.6 is 11.6 Å². The van der Waals surface area contributed by atoms with Crippen molar-refractivity contribution in [1.29, 1.82) is 0 Å². The van der Waals surface area contributed by atoms with Crippen molar-refractivity contribution in [3.05, 3.63) is 46.8 Å². The fourth-order valence-electron chi connectivity index (χ4n) is 6.47. The van der Waals surface area contributed by atoms with Crippen molar-refractivity contribution >= 4 is 29.1 Å². The van der Waals surface area contributed by atoms with E-state index in [-0.39, 0.29) is 41.7 Å². The molecule has 12 heteroatoms. The standard InChI is InChI=1S/C26H31ClF3N5O3/c1-34-6-5-18(12-34)33-24(37)26(29,30)25(38)10-15-7-14(8-16(15)11-25)21-22(35(2)13-31-21)23(36)32-17-3-4-20(28)19(27)9-17/h3-4,9,13-16,18,38H,5-8,10-12H2,1-2H3,(H,32,36)(H,33,37)/t14?,15?,16?,18-,25?/m1/s1. The minimum atomic E-state index is -3.90. The van der Waals surface area contributed by atoms with Crippen LogP contribution in [-0.2, 0) is 11.8 Å². The first-order valence-corrected chi connectivity index (χ1v) is 13.1. The second kappa shape index (κ2) is 9.84. The molecule has 3 N–H and O–H groups in total. The van der Waals surface area contributed by atoms with E-state index in [2.05, 4.69) is 15.6 Å². The lowest BCUT2D eigenvalue weighted by molar-refractivity contribution is -0.193. The number of amides is 2. The van der Waals surface area contributed by atoms with Crippen LogP contribution in [0.2, 0.25) is 5.02 Å². The molecule has 0 radical (unpaired) electrons. The molecule has 1 aliphatic heterocycles. The molecular weight excluding hydrogens is 523 g/mol. The zero-order valence-corrected chi connectivity index (χ0v) is 21.9. The summed E-state index contributed by atoms with van der Waals surface area (Å²) in [5.74, 6) is -6.98. The maximum Gasteiger partial charge on any atom is 0.352 e. The van der Waals surface area contributed by atoms with Crippen LogP contribution in [0.15, 0.2) is 24.5 Å². The molecule has 0 bridgehead atoms. The summed E-state index contributed by atoms with van der Waals surface area (Å²) < 4.78 is 45.5. The molecule has 2 aliphatic carbocycles. The maximum absolute atomic E-state index is 15.2. The summed E-state index contributed by atoms with van der Waals surface area (Å²) >= 11 is 5.82. The van der Waals surface area contributed by atoms with Crippen LogP contribution in [0.5, 0.6) is 0 Å². The van der Waals surface area contributed by atoms with E-state index in [1.165, 1.54) is 18.5 Å². The number of alkyl halides is 2. The topological polar surface area (TPSA) is 99.5 Å². The summed E-state index contributed by atoms with van der Waals surface area (Å²) in [6.45, 7) is 1.22. The van der Waals surface area contributed by atoms with Gasteiger partial charge in [-0.1, -0.05) is 11.6 Å². The van der Waals surface area contributed by atoms with E-state index < -0.39 is 29.2 Å². The number of aliphatic hydroxyl groups is 1. The maximum atomic E-state index is 15.2. The number of likely N-dealkylation sites (N-methyl/N-ethyl adjacent to an activating group) is 1. The number of carbonyl (C=O) groups excluding carboxylic acids is 2. The van der Waals surface area contributed by atoms with Gasteiger partial charge in [0, 0.05) is 31.2 Å². The van der Waals surface area contributed by atoms with E-state index in [1.54, 1.807) is 11.6 Å². The van der Waals surface area contributed by atoms with Crippen molar-refractivity contribution in [1.82, 2.24) is 19.8 Å². The van der Waals surface area contributed by atoms with Gasteiger partial charge in [-0.3, -0.25) is 9.59 Å². The number of benzene rings is 1. The smallest absolute Gasteiger partial charge is 0.352 e. The van der Waals surface area contributed by atoms with Crippen LogP contribution < -0.4 is 10.6 Å². The van der Waals surface area contributed by atoms with Crippen molar-refractivity contribution in [3.8, 4) is 0 Å². The summed E-state index contributed by atoms with van der Waals surface area (Å²) in [6, 6.07) is 3.51. The molecule has 1 saturated heterocycles. The first kappa shape index (κ1) is 27.0.